The van der Waals surface area contributed by atoms with Crippen molar-refractivity contribution in [2.45, 2.75) is 69.9 Å². The molecule has 120 valence electrons. The number of rotatable bonds is 7. The Bertz CT molecular complexity index is 368. The quantitative estimate of drug-likeness (QED) is 0.733. The van der Waals surface area contributed by atoms with Crippen LogP contribution in [0.25, 0.3) is 0 Å². The van der Waals surface area contributed by atoms with E-state index >= 15 is 0 Å². The summed E-state index contributed by atoms with van der Waals surface area (Å²) in [5, 5.41) is 10.9. The maximum absolute atomic E-state index is 11.8. The highest BCUT2D eigenvalue weighted by Crippen LogP contribution is 2.39. The van der Waals surface area contributed by atoms with Gasteiger partial charge in [-0.3, -0.25) is 9.69 Å². The highest BCUT2D eigenvalue weighted by Gasteiger charge is 2.41. The summed E-state index contributed by atoms with van der Waals surface area (Å²) in [6.45, 7) is 4.29. The van der Waals surface area contributed by atoms with Gasteiger partial charge in [0.25, 0.3) is 0 Å². The molecule has 0 spiro atoms. The number of carbonyl (C=O) groups excluding carboxylic acids is 1. The summed E-state index contributed by atoms with van der Waals surface area (Å²) in [6, 6.07) is 0.720. The number of aliphatic hydroxyl groups is 1. The van der Waals surface area contributed by atoms with Gasteiger partial charge in [0.1, 0.15) is 0 Å². The predicted molar refractivity (Wildman–Crippen MR) is 80.9 cm³/mol. The van der Waals surface area contributed by atoms with E-state index in [1.54, 1.807) is 0 Å². The first-order valence-electron chi connectivity index (χ1n) is 8.73. The molecule has 0 aliphatic heterocycles. The third kappa shape index (κ3) is 4.19. The second kappa shape index (κ2) is 6.25. The number of ether oxygens (including phenoxy) is 1. The largest absolute Gasteiger partial charge is 0.466 e. The van der Waals surface area contributed by atoms with Gasteiger partial charge in [0.2, 0.25) is 0 Å². The molecule has 0 atom stereocenters. The average molecular weight is 295 g/mol. The molecular weight excluding hydrogens is 266 g/mol. The van der Waals surface area contributed by atoms with Crippen LogP contribution >= 0.6 is 0 Å². The van der Waals surface area contributed by atoms with E-state index in [9.17, 15) is 9.90 Å². The molecule has 0 aromatic rings. The third-order valence-corrected chi connectivity index (χ3v) is 5.29. The lowest BCUT2D eigenvalue weighted by Crippen LogP contribution is -2.47. The molecule has 1 N–H and O–H groups in total. The molecule has 4 nitrogen and oxygen atoms in total. The van der Waals surface area contributed by atoms with Gasteiger partial charge in [-0.05, 0) is 64.2 Å². The zero-order valence-electron chi connectivity index (χ0n) is 13.2. The van der Waals surface area contributed by atoms with Crippen molar-refractivity contribution in [1.29, 1.82) is 0 Å². The topological polar surface area (TPSA) is 49.8 Å². The Morgan fingerprint density at radius 3 is 2.38 bits per heavy atom. The number of carbonyl (C=O) groups is 1. The van der Waals surface area contributed by atoms with Gasteiger partial charge in [0.05, 0.1) is 18.1 Å². The lowest BCUT2D eigenvalue weighted by atomic mass is 9.78. The molecule has 0 amide bonds. The second-order valence-electron chi connectivity index (χ2n) is 7.35. The SMILES string of the molecule is CCOC(=O)C1CCC(O)(CN(CC2CC2)C2CC2)CC1. The molecule has 3 aliphatic rings. The van der Waals surface area contributed by atoms with Crippen molar-refractivity contribution in [3.8, 4) is 0 Å². The van der Waals surface area contributed by atoms with E-state index in [1.807, 2.05) is 6.92 Å². The summed E-state index contributed by atoms with van der Waals surface area (Å²) in [7, 11) is 0. The summed E-state index contributed by atoms with van der Waals surface area (Å²) < 4.78 is 5.11. The van der Waals surface area contributed by atoms with E-state index in [-0.39, 0.29) is 11.9 Å². The maximum Gasteiger partial charge on any atom is 0.308 e. The standard InChI is InChI=1S/C17H29NO3/c1-2-21-16(19)14-7-9-17(20,10-8-14)12-18(15-5-6-15)11-13-3-4-13/h13-15,20H,2-12H2,1H3. The Morgan fingerprint density at radius 1 is 1.19 bits per heavy atom. The molecule has 3 fully saturated rings. The van der Waals surface area contributed by atoms with Gasteiger partial charge in [0.15, 0.2) is 0 Å². The molecule has 0 saturated heterocycles. The molecule has 3 aliphatic carbocycles. The third-order valence-electron chi connectivity index (χ3n) is 5.29. The number of esters is 1. The van der Waals surface area contributed by atoms with Crippen molar-refractivity contribution < 1.29 is 14.6 Å². The Balaban J connectivity index is 1.49. The smallest absolute Gasteiger partial charge is 0.308 e. The summed E-state index contributed by atoms with van der Waals surface area (Å²) >= 11 is 0. The van der Waals surface area contributed by atoms with Crippen LogP contribution in [0.4, 0.5) is 0 Å². The minimum absolute atomic E-state index is 0.00281. The molecule has 0 heterocycles. The van der Waals surface area contributed by atoms with Gasteiger partial charge in [-0.2, -0.15) is 0 Å². The van der Waals surface area contributed by atoms with E-state index in [1.165, 1.54) is 32.2 Å². The van der Waals surface area contributed by atoms with E-state index in [0.717, 1.165) is 44.2 Å². The normalized spacial score (nSPS) is 33.2. The van der Waals surface area contributed by atoms with Gasteiger partial charge < -0.3 is 9.84 Å². The number of hydrogen-bond acceptors (Lipinski definition) is 4. The van der Waals surface area contributed by atoms with Crippen molar-refractivity contribution in [2.24, 2.45) is 11.8 Å². The Labute approximate surface area is 127 Å². The van der Waals surface area contributed by atoms with Crippen LogP contribution < -0.4 is 0 Å². The highest BCUT2D eigenvalue weighted by molar-refractivity contribution is 5.72. The van der Waals surface area contributed by atoms with Crippen molar-refractivity contribution in [1.82, 2.24) is 4.90 Å². The van der Waals surface area contributed by atoms with E-state index < -0.39 is 5.60 Å². The van der Waals surface area contributed by atoms with E-state index in [4.69, 9.17) is 4.74 Å². The van der Waals surface area contributed by atoms with Crippen LogP contribution in [-0.2, 0) is 9.53 Å². The van der Waals surface area contributed by atoms with Crippen molar-refractivity contribution >= 4 is 5.97 Å². The number of nitrogens with zero attached hydrogens (tertiary/aromatic N) is 1. The molecule has 4 heteroatoms. The molecule has 3 saturated carbocycles. The highest BCUT2D eigenvalue weighted by atomic mass is 16.5. The monoisotopic (exact) mass is 295 g/mol. The van der Waals surface area contributed by atoms with Crippen LogP contribution in [-0.4, -0.2) is 47.3 Å². The van der Waals surface area contributed by atoms with Crippen LogP contribution in [0.3, 0.4) is 0 Å². The summed E-state index contributed by atoms with van der Waals surface area (Å²) in [6.07, 6.45) is 8.37. The molecule has 0 radical (unpaired) electrons. The number of hydrogen-bond donors (Lipinski definition) is 1. The predicted octanol–water partition coefficient (Wildman–Crippen LogP) is 2.35. The first kappa shape index (κ1) is 15.3. The van der Waals surface area contributed by atoms with Crippen LogP contribution in [0.2, 0.25) is 0 Å². The zero-order chi connectivity index (χ0) is 14.9. The van der Waals surface area contributed by atoms with Crippen LogP contribution in [0.5, 0.6) is 0 Å². The second-order valence-corrected chi connectivity index (χ2v) is 7.35. The lowest BCUT2D eigenvalue weighted by Gasteiger charge is -2.39. The first-order valence-corrected chi connectivity index (χ1v) is 8.73. The fourth-order valence-electron chi connectivity index (χ4n) is 3.60. The Kier molecular flexibility index (Phi) is 4.55. The fourth-order valence-corrected chi connectivity index (χ4v) is 3.60. The van der Waals surface area contributed by atoms with Crippen molar-refractivity contribution in [3.63, 3.8) is 0 Å². The summed E-state index contributed by atoms with van der Waals surface area (Å²) in [5.74, 6) is 0.810. The molecule has 0 unspecified atom stereocenters. The van der Waals surface area contributed by atoms with Crippen LogP contribution in [0, 0.1) is 11.8 Å². The van der Waals surface area contributed by atoms with Gasteiger partial charge in [0, 0.05) is 19.1 Å². The maximum atomic E-state index is 11.8. The molecule has 0 aromatic carbocycles. The molecule has 3 rings (SSSR count). The van der Waals surface area contributed by atoms with Gasteiger partial charge >= 0.3 is 5.97 Å². The Hall–Kier alpha value is -0.610. The molecule has 0 aromatic heterocycles. The fraction of sp³-hybridized carbons (Fsp3) is 0.941. The van der Waals surface area contributed by atoms with Gasteiger partial charge in [-0.15, -0.1) is 0 Å². The van der Waals surface area contributed by atoms with Crippen molar-refractivity contribution in [3.05, 3.63) is 0 Å². The van der Waals surface area contributed by atoms with Gasteiger partial charge in [-0.25, -0.2) is 0 Å². The van der Waals surface area contributed by atoms with E-state index in [0.29, 0.717) is 6.61 Å². The minimum atomic E-state index is -0.583. The molecular formula is C17H29NO3. The summed E-state index contributed by atoms with van der Waals surface area (Å²) in [4.78, 5) is 14.3. The zero-order valence-corrected chi connectivity index (χ0v) is 13.2. The average Bonchev–Trinajstić information content (AvgIpc) is 3.32. The van der Waals surface area contributed by atoms with Crippen LogP contribution in [0.15, 0.2) is 0 Å². The van der Waals surface area contributed by atoms with E-state index in [2.05, 4.69) is 4.90 Å². The molecule has 0 bridgehead atoms. The summed E-state index contributed by atoms with van der Waals surface area (Å²) in [5.41, 5.74) is -0.583. The Morgan fingerprint density at radius 2 is 1.86 bits per heavy atom. The van der Waals surface area contributed by atoms with Gasteiger partial charge in [-0.1, -0.05) is 0 Å². The van der Waals surface area contributed by atoms with Crippen molar-refractivity contribution in [2.75, 3.05) is 19.7 Å². The van der Waals surface area contributed by atoms with Crippen LogP contribution in [0.1, 0.15) is 58.3 Å². The lowest BCUT2D eigenvalue weighted by molar-refractivity contribution is -0.151. The minimum Gasteiger partial charge on any atom is -0.466 e. The first-order chi connectivity index (χ1) is 10.1. The molecule has 21 heavy (non-hydrogen) atoms.